The fraction of sp³-hybridized carbons (Fsp3) is 0.250. The summed E-state index contributed by atoms with van der Waals surface area (Å²) in [7, 11) is 0. The van der Waals surface area contributed by atoms with Crippen LogP contribution in [0.4, 0.5) is 11.6 Å². The van der Waals surface area contributed by atoms with Crippen molar-refractivity contribution in [1.82, 2.24) is 14.4 Å². The van der Waals surface area contributed by atoms with Gasteiger partial charge in [0.2, 0.25) is 0 Å². The Kier molecular flexibility index (Phi) is 5.49. The third-order valence-electron chi connectivity index (χ3n) is 5.64. The molecule has 158 valence electrons. The summed E-state index contributed by atoms with van der Waals surface area (Å²) in [6.45, 7) is 5.77. The molecule has 0 radical (unpaired) electrons. The number of anilines is 2. The highest BCUT2D eigenvalue weighted by Gasteiger charge is 2.19. The monoisotopic (exact) mass is 433 g/mol. The van der Waals surface area contributed by atoms with Crippen molar-refractivity contribution in [2.45, 2.75) is 13.5 Å². The summed E-state index contributed by atoms with van der Waals surface area (Å²) in [5.74, 6) is 1.87. The van der Waals surface area contributed by atoms with Crippen molar-refractivity contribution in [3.05, 3.63) is 77.2 Å². The maximum atomic E-state index is 6.47. The molecule has 31 heavy (non-hydrogen) atoms. The molecule has 1 saturated heterocycles. The molecule has 2 aromatic carbocycles. The van der Waals surface area contributed by atoms with Crippen LogP contribution in [0.5, 0.6) is 0 Å². The van der Waals surface area contributed by atoms with Crippen LogP contribution in [0.1, 0.15) is 11.3 Å². The first-order valence-corrected chi connectivity index (χ1v) is 10.8. The number of morpholine rings is 1. The molecule has 1 N–H and O–H groups in total. The number of nitrogens with zero attached hydrogens (tertiary/aromatic N) is 4. The van der Waals surface area contributed by atoms with Gasteiger partial charge >= 0.3 is 0 Å². The molecule has 0 bridgehead atoms. The molecule has 0 saturated carbocycles. The molecule has 3 heterocycles. The fourth-order valence-corrected chi connectivity index (χ4v) is 4.32. The predicted octanol–water partition coefficient (Wildman–Crippen LogP) is 4.81. The lowest BCUT2D eigenvalue weighted by molar-refractivity contribution is 0.122. The molecule has 0 unspecified atom stereocenters. The van der Waals surface area contributed by atoms with Crippen molar-refractivity contribution in [2.75, 3.05) is 36.5 Å². The average molecular weight is 434 g/mol. The number of rotatable bonds is 5. The number of fused-ring (bicyclic) bond motifs is 1. The Hall–Kier alpha value is -3.09. The first kappa shape index (κ1) is 19.8. The Bertz CT molecular complexity index is 1220. The van der Waals surface area contributed by atoms with Gasteiger partial charge in [-0.3, -0.25) is 4.40 Å². The van der Waals surface area contributed by atoms with Crippen LogP contribution in [0, 0.1) is 6.92 Å². The van der Waals surface area contributed by atoms with E-state index in [1.807, 2.05) is 43.6 Å². The van der Waals surface area contributed by atoms with Crippen molar-refractivity contribution < 1.29 is 4.74 Å². The number of aryl methyl sites for hydroxylation is 1. The molecule has 0 aliphatic carbocycles. The number of hydrogen-bond donors (Lipinski definition) is 1. The molecule has 1 aliphatic heterocycles. The van der Waals surface area contributed by atoms with Gasteiger partial charge in [0.05, 0.1) is 18.9 Å². The van der Waals surface area contributed by atoms with E-state index in [1.165, 1.54) is 5.56 Å². The van der Waals surface area contributed by atoms with E-state index in [4.69, 9.17) is 21.3 Å². The molecule has 1 fully saturated rings. The standard InChI is InChI=1S/C24H24ClN5O/c1-17-22(30-11-10-26-23(24(30)28-17)29-12-14-31-15-13-29)27-16-18-6-2-3-7-19(18)20-8-4-5-9-21(20)25/h2-11,27H,12-16H2,1H3. The highest BCUT2D eigenvalue weighted by atomic mass is 35.5. The van der Waals surface area contributed by atoms with Gasteiger partial charge in [0, 0.05) is 42.6 Å². The molecule has 5 rings (SSSR count). The van der Waals surface area contributed by atoms with Crippen molar-refractivity contribution in [3.63, 3.8) is 0 Å². The maximum Gasteiger partial charge on any atom is 0.182 e. The first-order valence-electron chi connectivity index (χ1n) is 10.5. The van der Waals surface area contributed by atoms with Gasteiger partial charge in [0.1, 0.15) is 5.82 Å². The van der Waals surface area contributed by atoms with Gasteiger partial charge in [-0.1, -0.05) is 54.1 Å². The third-order valence-corrected chi connectivity index (χ3v) is 5.97. The highest BCUT2D eigenvalue weighted by molar-refractivity contribution is 6.33. The molecular formula is C24H24ClN5O. The molecule has 0 spiro atoms. The van der Waals surface area contributed by atoms with Crippen LogP contribution in [-0.2, 0) is 11.3 Å². The third kappa shape index (κ3) is 3.84. The fourth-order valence-electron chi connectivity index (χ4n) is 4.08. The second-order valence-corrected chi connectivity index (χ2v) is 7.99. The van der Waals surface area contributed by atoms with E-state index in [2.05, 4.69) is 43.9 Å². The Morgan fingerprint density at radius 2 is 1.77 bits per heavy atom. The van der Waals surface area contributed by atoms with E-state index < -0.39 is 0 Å². The number of nitrogens with one attached hydrogen (secondary N) is 1. The Labute approximate surface area is 186 Å². The van der Waals surface area contributed by atoms with Crippen LogP contribution >= 0.6 is 11.6 Å². The lowest BCUT2D eigenvalue weighted by atomic mass is 9.99. The van der Waals surface area contributed by atoms with Crippen LogP contribution in [0.25, 0.3) is 16.8 Å². The molecule has 2 aromatic heterocycles. The minimum atomic E-state index is 0.658. The molecule has 0 amide bonds. The lowest BCUT2D eigenvalue weighted by Crippen LogP contribution is -2.37. The van der Waals surface area contributed by atoms with Gasteiger partial charge in [-0.05, 0) is 24.1 Å². The van der Waals surface area contributed by atoms with Crippen molar-refractivity contribution in [1.29, 1.82) is 0 Å². The maximum absolute atomic E-state index is 6.47. The van der Waals surface area contributed by atoms with Gasteiger partial charge < -0.3 is 15.0 Å². The summed E-state index contributed by atoms with van der Waals surface area (Å²) in [6, 6.07) is 16.3. The molecule has 7 heteroatoms. The summed E-state index contributed by atoms with van der Waals surface area (Å²) in [4.78, 5) is 11.7. The highest BCUT2D eigenvalue weighted by Crippen LogP contribution is 2.31. The summed E-state index contributed by atoms with van der Waals surface area (Å²) < 4.78 is 7.58. The molecule has 6 nitrogen and oxygen atoms in total. The number of benzene rings is 2. The lowest BCUT2D eigenvalue weighted by Gasteiger charge is -2.27. The SMILES string of the molecule is Cc1nc2c(N3CCOCC3)nccn2c1NCc1ccccc1-c1ccccc1Cl. The zero-order valence-electron chi connectivity index (χ0n) is 17.4. The molecule has 4 aromatic rings. The number of ether oxygens (including phenoxy) is 1. The molecule has 1 aliphatic rings. The minimum Gasteiger partial charge on any atom is -0.378 e. The number of hydrogen-bond acceptors (Lipinski definition) is 5. The summed E-state index contributed by atoms with van der Waals surface area (Å²) in [6.07, 6.45) is 3.80. The second-order valence-electron chi connectivity index (χ2n) is 7.58. The minimum absolute atomic E-state index is 0.658. The predicted molar refractivity (Wildman–Crippen MR) is 125 cm³/mol. The molecule has 0 atom stereocenters. The van der Waals surface area contributed by atoms with Crippen LogP contribution in [0.3, 0.4) is 0 Å². The van der Waals surface area contributed by atoms with E-state index in [1.54, 1.807) is 0 Å². The number of imidazole rings is 1. The van der Waals surface area contributed by atoms with E-state index in [0.29, 0.717) is 19.8 Å². The number of halogens is 1. The largest absolute Gasteiger partial charge is 0.378 e. The van der Waals surface area contributed by atoms with E-state index in [0.717, 1.165) is 52.2 Å². The smallest absolute Gasteiger partial charge is 0.182 e. The zero-order valence-corrected chi connectivity index (χ0v) is 18.1. The average Bonchev–Trinajstić information content (AvgIpc) is 3.14. The van der Waals surface area contributed by atoms with Gasteiger partial charge in [0.25, 0.3) is 0 Å². The van der Waals surface area contributed by atoms with Crippen LogP contribution in [0.15, 0.2) is 60.9 Å². The Morgan fingerprint density at radius 1 is 1.03 bits per heavy atom. The van der Waals surface area contributed by atoms with E-state index >= 15 is 0 Å². The normalized spacial score (nSPS) is 14.2. The van der Waals surface area contributed by atoms with Crippen molar-refractivity contribution >= 4 is 28.9 Å². The topological polar surface area (TPSA) is 54.7 Å². The van der Waals surface area contributed by atoms with E-state index in [-0.39, 0.29) is 0 Å². The van der Waals surface area contributed by atoms with E-state index in [9.17, 15) is 0 Å². The van der Waals surface area contributed by atoms with Crippen LogP contribution < -0.4 is 10.2 Å². The van der Waals surface area contributed by atoms with Crippen LogP contribution in [0.2, 0.25) is 5.02 Å². The van der Waals surface area contributed by atoms with Crippen molar-refractivity contribution in [2.24, 2.45) is 0 Å². The Balaban J connectivity index is 1.46. The summed E-state index contributed by atoms with van der Waals surface area (Å²) in [5.41, 5.74) is 5.15. The molecular weight excluding hydrogens is 410 g/mol. The summed E-state index contributed by atoms with van der Waals surface area (Å²) in [5, 5.41) is 4.35. The number of aromatic nitrogens is 3. The second kappa shape index (κ2) is 8.57. The quantitative estimate of drug-likeness (QED) is 0.489. The van der Waals surface area contributed by atoms with Gasteiger partial charge in [-0.15, -0.1) is 0 Å². The first-order chi connectivity index (χ1) is 15.2. The Morgan fingerprint density at radius 3 is 2.58 bits per heavy atom. The van der Waals surface area contributed by atoms with Gasteiger partial charge in [0.15, 0.2) is 11.5 Å². The van der Waals surface area contributed by atoms with Crippen molar-refractivity contribution in [3.8, 4) is 11.1 Å². The van der Waals surface area contributed by atoms with Crippen LogP contribution in [-0.4, -0.2) is 40.7 Å². The van der Waals surface area contributed by atoms with Gasteiger partial charge in [-0.2, -0.15) is 0 Å². The summed E-state index contributed by atoms with van der Waals surface area (Å²) >= 11 is 6.47. The zero-order chi connectivity index (χ0) is 21.2. The van der Waals surface area contributed by atoms with Gasteiger partial charge in [-0.25, -0.2) is 9.97 Å².